The molecule has 0 radical (unpaired) electrons. The second-order valence-electron chi connectivity index (χ2n) is 9.03. The predicted octanol–water partition coefficient (Wildman–Crippen LogP) is 2.46. The zero-order chi connectivity index (χ0) is 24.5. The molecule has 1 aliphatic rings. The van der Waals surface area contributed by atoms with Crippen molar-refractivity contribution in [2.45, 2.75) is 59.7 Å². The number of hydrogen-bond acceptors (Lipinski definition) is 6. The van der Waals surface area contributed by atoms with Crippen LogP contribution in [0.15, 0.2) is 36.0 Å². The molecule has 1 atom stereocenters. The van der Waals surface area contributed by atoms with Crippen LogP contribution in [-0.2, 0) is 17.9 Å². The Morgan fingerprint density at radius 1 is 1.24 bits per heavy atom. The van der Waals surface area contributed by atoms with E-state index in [1.54, 1.807) is 13.0 Å². The highest BCUT2D eigenvalue weighted by atomic mass is 16.5. The van der Waals surface area contributed by atoms with Crippen molar-refractivity contribution in [1.29, 1.82) is 0 Å². The van der Waals surface area contributed by atoms with Crippen molar-refractivity contribution in [3.8, 4) is 5.75 Å². The molecule has 3 rings (SSSR count). The molecule has 2 aromatic rings. The zero-order valence-corrected chi connectivity index (χ0v) is 20.6. The minimum Gasteiger partial charge on any atom is -0.493 e. The first-order chi connectivity index (χ1) is 16.3. The van der Waals surface area contributed by atoms with Crippen LogP contribution in [-0.4, -0.2) is 64.0 Å². The monoisotopic (exact) mass is 468 g/mol. The number of rotatable bonds is 2. The maximum Gasteiger partial charge on any atom is 0.255 e. The number of aryl methyl sites for hydroxylation is 2. The maximum absolute atomic E-state index is 12.9. The summed E-state index contributed by atoms with van der Waals surface area (Å²) in [7, 11) is 0. The van der Waals surface area contributed by atoms with Crippen LogP contribution in [0, 0.1) is 6.92 Å². The largest absolute Gasteiger partial charge is 0.493 e. The lowest BCUT2D eigenvalue weighted by Gasteiger charge is -2.20. The number of aromatic nitrogens is 3. The normalized spacial score (nSPS) is 18.9. The summed E-state index contributed by atoms with van der Waals surface area (Å²) in [6, 6.07) is 4.79. The average molecular weight is 469 g/mol. The molecule has 184 valence electrons. The van der Waals surface area contributed by atoms with Gasteiger partial charge in [0.1, 0.15) is 11.8 Å². The Bertz CT molecular complexity index is 1010. The van der Waals surface area contributed by atoms with Crippen LogP contribution in [0.2, 0.25) is 0 Å². The lowest BCUT2D eigenvalue weighted by atomic mass is 10.1. The van der Waals surface area contributed by atoms with Crippen LogP contribution in [0.3, 0.4) is 0 Å². The fourth-order valence-corrected chi connectivity index (χ4v) is 3.65. The van der Waals surface area contributed by atoms with E-state index in [1.165, 1.54) is 5.57 Å². The Morgan fingerprint density at radius 3 is 2.85 bits per heavy atom. The fraction of sp³-hybridized carbons (Fsp3) is 0.520. The van der Waals surface area contributed by atoms with Gasteiger partial charge in [0.15, 0.2) is 0 Å². The van der Waals surface area contributed by atoms with E-state index in [2.05, 4.69) is 45.8 Å². The molecular weight excluding hydrogens is 432 g/mol. The van der Waals surface area contributed by atoms with Crippen molar-refractivity contribution in [2.24, 2.45) is 0 Å². The topological polar surface area (TPSA) is 101 Å². The van der Waals surface area contributed by atoms with Crippen molar-refractivity contribution in [2.75, 3.05) is 26.2 Å². The van der Waals surface area contributed by atoms with Crippen LogP contribution >= 0.6 is 0 Å². The number of carbonyl (C=O) groups is 2. The second kappa shape index (κ2) is 12.3. The van der Waals surface area contributed by atoms with Crippen LogP contribution in [0.5, 0.6) is 5.75 Å². The Hall–Kier alpha value is -3.20. The molecule has 1 aromatic carbocycles. The van der Waals surface area contributed by atoms with Gasteiger partial charge in [-0.1, -0.05) is 22.9 Å². The quantitative estimate of drug-likeness (QED) is 0.657. The van der Waals surface area contributed by atoms with Gasteiger partial charge in [-0.15, -0.1) is 5.10 Å². The maximum atomic E-state index is 12.9. The highest BCUT2D eigenvalue weighted by molar-refractivity contribution is 5.99. The van der Waals surface area contributed by atoms with E-state index >= 15 is 0 Å². The van der Waals surface area contributed by atoms with Gasteiger partial charge < -0.3 is 15.4 Å². The Labute approximate surface area is 201 Å². The van der Waals surface area contributed by atoms with Gasteiger partial charge in [-0.05, 0) is 51.8 Å². The SMILES string of the molecule is CC(C)=CCN1CCCNC(=O)[C@@H](C)NC(=O)c2ccc(C)cc2OCCCn2cc(nn2)C1. The van der Waals surface area contributed by atoms with Gasteiger partial charge in [0.25, 0.3) is 5.91 Å². The highest BCUT2D eigenvalue weighted by Gasteiger charge is 2.19. The molecule has 2 bridgehead atoms. The molecule has 0 saturated carbocycles. The Kier molecular flexibility index (Phi) is 9.21. The van der Waals surface area contributed by atoms with Crippen molar-refractivity contribution < 1.29 is 14.3 Å². The van der Waals surface area contributed by atoms with Crippen molar-refractivity contribution in [3.63, 3.8) is 0 Å². The molecule has 9 nitrogen and oxygen atoms in total. The van der Waals surface area contributed by atoms with E-state index in [0.717, 1.165) is 37.2 Å². The van der Waals surface area contributed by atoms with Crippen molar-refractivity contribution in [3.05, 3.63) is 52.9 Å². The van der Waals surface area contributed by atoms with Crippen LogP contribution in [0.4, 0.5) is 0 Å². The summed E-state index contributed by atoms with van der Waals surface area (Å²) in [4.78, 5) is 27.7. The minimum absolute atomic E-state index is 0.209. The summed E-state index contributed by atoms with van der Waals surface area (Å²) >= 11 is 0. The summed E-state index contributed by atoms with van der Waals surface area (Å²) in [6.45, 7) is 11.7. The predicted molar refractivity (Wildman–Crippen MR) is 131 cm³/mol. The number of nitrogens with zero attached hydrogens (tertiary/aromatic N) is 4. The van der Waals surface area contributed by atoms with Crippen LogP contribution < -0.4 is 15.4 Å². The van der Waals surface area contributed by atoms with Crippen LogP contribution in [0.1, 0.15) is 55.2 Å². The fourth-order valence-electron chi connectivity index (χ4n) is 3.65. The number of carbonyl (C=O) groups excluding carboxylic acids is 2. The third kappa shape index (κ3) is 7.69. The van der Waals surface area contributed by atoms with Crippen molar-refractivity contribution >= 4 is 11.8 Å². The Morgan fingerprint density at radius 2 is 2.06 bits per heavy atom. The number of hydrogen-bond donors (Lipinski definition) is 2. The van der Waals surface area contributed by atoms with E-state index < -0.39 is 6.04 Å². The van der Waals surface area contributed by atoms with E-state index in [4.69, 9.17) is 4.74 Å². The number of nitrogens with one attached hydrogen (secondary N) is 2. The highest BCUT2D eigenvalue weighted by Crippen LogP contribution is 2.21. The summed E-state index contributed by atoms with van der Waals surface area (Å²) in [5.74, 6) is -0.0266. The van der Waals surface area contributed by atoms with Crippen LogP contribution in [0.25, 0.3) is 0 Å². The molecule has 0 fully saturated rings. The van der Waals surface area contributed by atoms with Gasteiger partial charge in [-0.3, -0.25) is 19.2 Å². The van der Waals surface area contributed by atoms with Crippen molar-refractivity contribution in [1.82, 2.24) is 30.5 Å². The summed E-state index contributed by atoms with van der Waals surface area (Å²) < 4.78 is 7.78. The standard InChI is InChI=1S/C25H36N6O3/c1-18(2)9-13-30-11-5-10-26-24(32)20(4)27-25(33)22-8-7-19(3)15-23(22)34-14-6-12-31-17-21(16-30)28-29-31/h7-9,15,17,20H,5-6,10-14,16H2,1-4H3,(H,26,32)(H,27,33)/t20-/m1/s1. The lowest BCUT2D eigenvalue weighted by Crippen LogP contribution is -2.45. The van der Waals surface area contributed by atoms with E-state index in [1.807, 2.05) is 29.9 Å². The molecule has 0 spiro atoms. The van der Waals surface area contributed by atoms with Gasteiger partial charge in [0.2, 0.25) is 5.91 Å². The molecule has 1 aromatic heterocycles. The molecule has 0 saturated heterocycles. The van der Waals surface area contributed by atoms with E-state index in [0.29, 0.717) is 37.6 Å². The molecule has 2 heterocycles. The second-order valence-corrected chi connectivity index (χ2v) is 9.03. The summed E-state index contributed by atoms with van der Waals surface area (Å²) in [5, 5.41) is 14.3. The number of benzene rings is 1. The van der Waals surface area contributed by atoms with Gasteiger partial charge in [0, 0.05) is 45.3 Å². The molecule has 2 amide bonds. The first kappa shape index (κ1) is 25.4. The minimum atomic E-state index is -0.653. The third-order valence-electron chi connectivity index (χ3n) is 5.59. The molecule has 34 heavy (non-hydrogen) atoms. The summed E-state index contributed by atoms with van der Waals surface area (Å²) in [5.41, 5.74) is 3.58. The van der Waals surface area contributed by atoms with Gasteiger partial charge in [0.05, 0.1) is 17.9 Å². The molecule has 9 heteroatoms. The molecule has 0 aliphatic carbocycles. The Balaban J connectivity index is 1.75. The molecule has 2 N–H and O–H groups in total. The first-order valence-corrected chi connectivity index (χ1v) is 11.9. The van der Waals surface area contributed by atoms with Gasteiger partial charge >= 0.3 is 0 Å². The number of allylic oxidation sites excluding steroid dienone is 1. The van der Waals surface area contributed by atoms with Gasteiger partial charge in [-0.25, -0.2) is 0 Å². The average Bonchev–Trinajstić information content (AvgIpc) is 3.24. The van der Waals surface area contributed by atoms with E-state index in [9.17, 15) is 9.59 Å². The third-order valence-corrected chi connectivity index (χ3v) is 5.59. The molecular formula is C25H36N6O3. The number of fused-ring (bicyclic) bond motifs is 3. The first-order valence-electron chi connectivity index (χ1n) is 11.9. The molecule has 1 aliphatic heterocycles. The number of ether oxygens (including phenoxy) is 1. The smallest absolute Gasteiger partial charge is 0.255 e. The molecule has 0 unspecified atom stereocenters. The zero-order valence-electron chi connectivity index (χ0n) is 20.6. The number of amides is 2. The van der Waals surface area contributed by atoms with E-state index in [-0.39, 0.29) is 11.8 Å². The lowest BCUT2D eigenvalue weighted by molar-refractivity contribution is -0.122. The van der Waals surface area contributed by atoms with Gasteiger partial charge in [-0.2, -0.15) is 0 Å². The summed E-state index contributed by atoms with van der Waals surface area (Å²) in [6.07, 6.45) is 5.66.